The van der Waals surface area contributed by atoms with E-state index in [0.717, 1.165) is 12.8 Å². The highest BCUT2D eigenvalue weighted by molar-refractivity contribution is 5.33. The van der Waals surface area contributed by atoms with Crippen LogP contribution in [-0.2, 0) is 17.8 Å². The van der Waals surface area contributed by atoms with Gasteiger partial charge in [0.1, 0.15) is 0 Å². The third kappa shape index (κ3) is 2.77. The van der Waals surface area contributed by atoms with Crippen LogP contribution in [0.4, 0.5) is 0 Å². The smallest absolute Gasteiger partial charge is 0.0777 e. The van der Waals surface area contributed by atoms with E-state index in [2.05, 4.69) is 53.8 Å². The van der Waals surface area contributed by atoms with Gasteiger partial charge in [0.15, 0.2) is 0 Å². The molecule has 2 heteroatoms. The van der Waals surface area contributed by atoms with Gasteiger partial charge in [0.05, 0.1) is 18.8 Å². The van der Waals surface area contributed by atoms with Crippen molar-refractivity contribution >= 4 is 0 Å². The fourth-order valence-electron chi connectivity index (χ4n) is 3.03. The lowest BCUT2D eigenvalue weighted by atomic mass is 9.85. The van der Waals surface area contributed by atoms with Crippen molar-refractivity contribution in [3.63, 3.8) is 0 Å². The summed E-state index contributed by atoms with van der Waals surface area (Å²) in [6, 6.07) is 19.4. The summed E-state index contributed by atoms with van der Waals surface area (Å²) in [6.45, 7) is 0.686. The van der Waals surface area contributed by atoms with Gasteiger partial charge in [-0.1, -0.05) is 54.6 Å². The first kappa shape index (κ1) is 13.3. The van der Waals surface area contributed by atoms with Crippen molar-refractivity contribution in [1.29, 1.82) is 0 Å². The van der Waals surface area contributed by atoms with Gasteiger partial charge in [0.2, 0.25) is 0 Å². The molecule has 1 aliphatic carbocycles. The van der Waals surface area contributed by atoms with Gasteiger partial charge in [0.25, 0.3) is 0 Å². The molecule has 20 heavy (non-hydrogen) atoms. The highest BCUT2D eigenvalue weighted by Crippen LogP contribution is 2.31. The van der Waals surface area contributed by atoms with Crippen LogP contribution < -0.4 is 5.32 Å². The van der Waals surface area contributed by atoms with E-state index in [1.807, 2.05) is 13.1 Å². The zero-order valence-electron chi connectivity index (χ0n) is 11.9. The molecule has 0 saturated carbocycles. The number of likely N-dealkylation sites (N-methyl/N-ethyl adjacent to an activating group) is 1. The van der Waals surface area contributed by atoms with E-state index >= 15 is 0 Å². The lowest BCUT2D eigenvalue weighted by molar-refractivity contribution is 0.00609. The molecule has 104 valence electrons. The Bertz CT molecular complexity index is 552. The van der Waals surface area contributed by atoms with Crippen molar-refractivity contribution in [1.82, 2.24) is 5.32 Å². The van der Waals surface area contributed by atoms with E-state index in [-0.39, 0.29) is 6.10 Å². The lowest BCUT2D eigenvalue weighted by Gasteiger charge is -2.33. The normalized spacial score (nSPS) is 21.4. The van der Waals surface area contributed by atoms with Crippen molar-refractivity contribution in [3.05, 3.63) is 71.3 Å². The Labute approximate surface area is 120 Å². The Kier molecular flexibility index (Phi) is 4.14. The van der Waals surface area contributed by atoms with Crippen molar-refractivity contribution in [2.75, 3.05) is 7.05 Å². The first-order valence-corrected chi connectivity index (χ1v) is 7.29. The molecule has 0 heterocycles. The minimum absolute atomic E-state index is 0.245. The number of aryl methyl sites for hydroxylation is 1. The molecule has 1 aliphatic rings. The summed E-state index contributed by atoms with van der Waals surface area (Å²) in [5.41, 5.74) is 4.08. The summed E-state index contributed by atoms with van der Waals surface area (Å²) in [6.07, 6.45) is 2.43. The number of fused-ring (bicyclic) bond motifs is 1. The fourth-order valence-corrected chi connectivity index (χ4v) is 3.03. The van der Waals surface area contributed by atoms with Crippen LogP contribution in [0, 0.1) is 0 Å². The molecule has 1 N–H and O–H groups in total. The Morgan fingerprint density at radius 2 is 1.80 bits per heavy atom. The molecule has 0 radical (unpaired) electrons. The standard InChI is InChI=1S/C18H21NO/c1-19-18-16-10-6-5-9-15(16)11-12-17(18)20-13-14-7-3-2-4-8-14/h2-10,17-19H,11-13H2,1H3. The first-order valence-electron chi connectivity index (χ1n) is 7.29. The molecule has 0 spiro atoms. The quantitative estimate of drug-likeness (QED) is 0.915. The molecule has 0 bridgehead atoms. The predicted octanol–water partition coefficient (Wildman–Crippen LogP) is 3.48. The van der Waals surface area contributed by atoms with Crippen LogP contribution in [0.5, 0.6) is 0 Å². The molecule has 2 aromatic rings. The van der Waals surface area contributed by atoms with Gasteiger partial charge in [-0.15, -0.1) is 0 Å². The molecule has 2 aromatic carbocycles. The summed E-state index contributed by atoms with van der Waals surface area (Å²) in [5, 5.41) is 3.42. The second-order valence-electron chi connectivity index (χ2n) is 5.34. The molecule has 2 atom stereocenters. The summed E-state index contributed by atoms with van der Waals surface area (Å²) < 4.78 is 6.17. The van der Waals surface area contributed by atoms with Crippen LogP contribution in [0.3, 0.4) is 0 Å². The topological polar surface area (TPSA) is 21.3 Å². The molecular weight excluding hydrogens is 246 g/mol. The number of ether oxygens (including phenoxy) is 1. The molecule has 0 saturated heterocycles. The van der Waals surface area contributed by atoms with Gasteiger partial charge in [-0.3, -0.25) is 0 Å². The van der Waals surface area contributed by atoms with Gasteiger partial charge in [-0.25, -0.2) is 0 Å². The second-order valence-corrected chi connectivity index (χ2v) is 5.34. The molecule has 0 amide bonds. The predicted molar refractivity (Wildman–Crippen MR) is 81.6 cm³/mol. The van der Waals surface area contributed by atoms with Gasteiger partial charge in [-0.2, -0.15) is 0 Å². The maximum atomic E-state index is 6.17. The van der Waals surface area contributed by atoms with Crippen LogP contribution in [-0.4, -0.2) is 13.2 Å². The van der Waals surface area contributed by atoms with Crippen molar-refractivity contribution in [3.8, 4) is 0 Å². The van der Waals surface area contributed by atoms with E-state index in [0.29, 0.717) is 12.6 Å². The summed E-state index contributed by atoms with van der Waals surface area (Å²) in [4.78, 5) is 0. The summed E-state index contributed by atoms with van der Waals surface area (Å²) >= 11 is 0. The van der Waals surface area contributed by atoms with Crippen molar-refractivity contribution in [2.45, 2.75) is 31.6 Å². The zero-order valence-corrected chi connectivity index (χ0v) is 11.9. The van der Waals surface area contributed by atoms with Crippen molar-refractivity contribution in [2.24, 2.45) is 0 Å². The molecule has 3 rings (SSSR count). The fraction of sp³-hybridized carbons (Fsp3) is 0.333. The molecule has 2 nitrogen and oxygen atoms in total. The molecular formula is C18H21NO. The number of hydrogen-bond donors (Lipinski definition) is 1. The number of benzene rings is 2. The largest absolute Gasteiger partial charge is 0.372 e. The number of hydrogen-bond acceptors (Lipinski definition) is 2. The van der Waals surface area contributed by atoms with Gasteiger partial charge >= 0.3 is 0 Å². The maximum Gasteiger partial charge on any atom is 0.0777 e. The van der Waals surface area contributed by atoms with Crippen LogP contribution >= 0.6 is 0 Å². The van der Waals surface area contributed by atoms with Gasteiger partial charge < -0.3 is 10.1 Å². The van der Waals surface area contributed by atoms with Crippen LogP contribution in [0.2, 0.25) is 0 Å². The lowest BCUT2D eigenvalue weighted by Crippen LogP contribution is -2.35. The third-order valence-electron chi connectivity index (χ3n) is 4.08. The summed E-state index contributed by atoms with van der Waals surface area (Å²) in [5.74, 6) is 0. The Hall–Kier alpha value is -1.64. The SMILES string of the molecule is CNC1c2ccccc2CCC1OCc1ccccc1. The zero-order chi connectivity index (χ0) is 13.8. The van der Waals surface area contributed by atoms with Gasteiger partial charge in [-0.05, 0) is 36.6 Å². The Morgan fingerprint density at radius 1 is 1.05 bits per heavy atom. The van der Waals surface area contributed by atoms with Crippen LogP contribution in [0.1, 0.15) is 29.2 Å². The van der Waals surface area contributed by atoms with Gasteiger partial charge in [0, 0.05) is 0 Å². The highest BCUT2D eigenvalue weighted by Gasteiger charge is 2.28. The Morgan fingerprint density at radius 3 is 2.60 bits per heavy atom. The van der Waals surface area contributed by atoms with Crippen LogP contribution in [0.25, 0.3) is 0 Å². The minimum atomic E-state index is 0.245. The summed E-state index contributed by atoms with van der Waals surface area (Å²) in [7, 11) is 2.02. The van der Waals surface area contributed by atoms with Crippen molar-refractivity contribution < 1.29 is 4.74 Å². The van der Waals surface area contributed by atoms with E-state index in [4.69, 9.17) is 4.74 Å². The van der Waals surface area contributed by atoms with E-state index in [1.54, 1.807) is 0 Å². The monoisotopic (exact) mass is 267 g/mol. The maximum absolute atomic E-state index is 6.17. The number of rotatable bonds is 4. The Balaban J connectivity index is 1.71. The molecule has 0 fully saturated rings. The average Bonchev–Trinajstić information content (AvgIpc) is 2.53. The average molecular weight is 267 g/mol. The highest BCUT2D eigenvalue weighted by atomic mass is 16.5. The second kappa shape index (κ2) is 6.21. The minimum Gasteiger partial charge on any atom is -0.372 e. The first-order chi connectivity index (χ1) is 9.88. The molecule has 2 unspecified atom stereocenters. The van der Waals surface area contributed by atoms with E-state index < -0.39 is 0 Å². The molecule has 0 aromatic heterocycles. The van der Waals surface area contributed by atoms with Crippen LogP contribution in [0.15, 0.2) is 54.6 Å². The molecule has 0 aliphatic heterocycles. The van der Waals surface area contributed by atoms with E-state index in [1.165, 1.54) is 16.7 Å². The van der Waals surface area contributed by atoms with E-state index in [9.17, 15) is 0 Å². The third-order valence-corrected chi connectivity index (χ3v) is 4.08. The number of nitrogens with one attached hydrogen (secondary N) is 1.